The van der Waals surface area contributed by atoms with Gasteiger partial charge in [0, 0.05) is 12.7 Å². The average Bonchev–Trinajstić information content (AvgIpc) is 3.16. The van der Waals surface area contributed by atoms with Crippen LogP contribution in [0.4, 0.5) is 5.69 Å². The molecule has 4 rings (SSSR count). The molecule has 176 valence electrons. The van der Waals surface area contributed by atoms with Gasteiger partial charge < -0.3 is 14.6 Å². The predicted octanol–water partition coefficient (Wildman–Crippen LogP) is 3.23. The number of hydrogen-bond acceptors (Lipinski definition) is 7. The summed E-state index contributed by atoms with van der Waals surface area (Å²) in [7, 11) is -1.96. The summed E-state index contributed by atoms with van der Waals surface area (Å²) in [6, 6.07) is 17.7. The molecule has 0 spiro atoms. The number of nitrogens with zero attached hydrogens (tertiary/aromatic N) is 3. The van der Waals surface area contributed by atoms with E-state index in [0.29, 0.717) is 16.7 Å². The molecule has 0 radical (unpaired) electrons. The minimum atomic E-state index is -3.78. The number of ether oxygens (including phenoxy) is 1. The van der Waals surface area contributed by atoms with Gasteiger partial charge in [0.15, 0.2) is 11.0 Å². The van der Waals surface area contributed by atoms with E-state index in [9.17, 15) is 13.2 Å². The van der Waals surface area contributed by atoms with E-state index >= 15 is 0 Å². The summed E-state index contributed by atoms with van der Waals surface area (Å²) in [6.45, 7) is 2.27. The molecule has 11 heteroatoms. The van der Waals surface area contributed by atoms with Gasteiger partial charge in [-0.2, -0.15) is 0 Å². The number of aryl methyl sites for hydroxylation is 1. The third kappa shape index (κ3) is 5.38. The summed E-state index contributed by atoms with van der Waals surface area (Å²) < 4.78 is 30.4. The SMILES string of the molecule is Cc1c(OCc2nnc(SCC(=O)Nc3ccc(S(N)(=O)=O)cc3)n2C)ccc2ccccc12. The van der Waals surface area contributed by atoms with Crippen molar-refractivity contribution in [3.63, 3.8) is 0 Å². The molecular weight excluding hydrogens is 474 g/mol. The van der Waals surface area contributed by atoms with Crippen molar-refractivity contribution >= 4 is 44.2 Å². The number of carbonyl (C=O) groups is 1. The number of thioether (sulfide) groups is 1. The third-order valence-corrected chi connectivity index (χ3v) is 7.18. The van der Waals surface area contributed by atoms with Gasteiger partial charge in [-0.1, -0.05) is 42.1 Å². The first kappa shape index (κ1) is 23.7. The molecule has 0 bridgehead atoms. The third-order valence-electron chi connectivity index (χ3n) is 5.23. The van der Waals surface area contributed by atoms with Crippen LogP contribution in [0.25, 0.3) is 10.8 Å². The summed E-state index contributed by atoms with van der Waals surface area (Å²) >= 11 is 1.24. The Labute approximate surface area is 201 Å². The molecule has 1 aromatic heterocycles. The second-order valence-electron chi connectivity index (χ2n) is 7.56. The monoisotopic (exact) mass is 497 g/mol. The van der Waals surface area contributed by atoms with Crippen LogP contribution in [-0.4, -0.2) is 34.8 Å². The zero-order chi connectivity index (χ0) is 24.3. The minimum absolute atomic E-state index is 0.0207. The second kappa shape index (κ2) is 9.84. The smallest absolute Gasteiger partial charge is 0.238 e. The minimum Gasteiger partial charge on any atom is -0.485 e. The van der Waals surface area contributed by atoms with Gasteiger partial charge in [-0.3, -0.25) is 4.79 Å². The summed E-state index contributed by atoms with van der Waals surface area (Å²) in [4.78, 5) is 12.3. The summed E-state index contributed by atoms with van der Waals surface area (Å²) in [5.74, 6) is 1.26. The number of primary sulfonamides is 1. The number of hydrogen-bond donors (Lipinski definition) is 2. The number of rotatable bonds is 8. The van der Waals surface area contributed by atoms with Gasteiger partial charge in [-0.25, -0.2) is 13.6 Å². The number of carbonyl (C=O) groups excluding carboxylic acids is 1. The number of nitrogens with one attached hydrogen (secondary N) is 1. The first-order valence-corrected chi connectivity index (χ1v) is 12.8. The Morgan fingerprint density at radius 3 is 2.56 bits per heavy atom. The number of nitrogens with two attached hydrogens (primary N) is 1. The molecule has 4 aromatic rings. The average molecular weight is 498 g/mol. The molecule has 3 aromatic carbocycles. The number of aromatic nitrogens is 3. The number of fused-ring (bicyclic) bond motifs is 1. The maximum atomic E-state index is 12.3. The lowest BCUT2D eigenvalue weighted by molar-refractivity contribution is -0.113. The van der Waals surface area contributed by atoms with Gasteiger partial charge in [0.05, 0.1) is 10.6 Å². The molecular formula is C23H23N5O4S2. The van der Waals surface area contributed by atoms with E-state index < -0.39 is 10.0 Å². The molecule has 0 saturated heterocycles. The first-order valence-electron chi connectivity index (χ1n) is 10.3. The van der Waals surface area contributed by atoms with E-state index in [1.807, 2.05) is 38.2 Å². The van der Waals surface area contributed by atoms with Crippen molar-refractivity contribution in [2.45, 2.75) is 23.6 Å². The number of amides is 1. The molecule has 0 aliphatic rings. The number of sulfonamides is 1. The molecule has 1 heterocycles. The Hall–Kier alpha value is -3.41. The Balaban J connectivity index is 1.34. The predicted molar refractivity (Wildman–Crippen MR) is 131 cm³/mol. The Morgan fingerprint density at radius 1 is 1.09 bits per heavy atom. The lowest BCUT2D eigenvalue weighted by Crippen LogP contribution is -2.15. The molecule has 3 N–H and O–H groups in total. The lowest BCUT2D eigenvalue weighted by Gasteiger charge is -2.11. The zero-order valence-electron chi connectivity index (χ0n) is 18.6. The fourth-order valence-electron chi connectivity index (χ4n) is 3.36. The maximum absolute atomic E-state index is 12.3. The van der Waals surface area contributed by atoms with Gasteiger partial charge in [0.25, 0.3) is 0 Å². The van der Waals surface area contributed by atoms with Crippen LogP contribution in [0.5, 0.6) is 5.75 Å². The lowest BCUT2D eigenvalue weighted by atomic mass is 10.0. The fraction of sp³-hybridized carbons (Fsp3) is 0.174. The molecule has 0 fully saturated rings. The van der Waals surface area contributed by atoms with Crippen LogP contribution in [0.2, 0.25) is 0 Å². The molecule has 0 saturated carbocycles. The van der Waals surface area contributed by atoms with Crippen LogP contribution < -0.4 is 15.2 Å². The molecule has 9 nitrogen and oxygen atoms in total. The maximum Gasteiger partial charge on any atom is 0.238 e. The van der Waals surface area contributed by atoms with Crippen molar-refractivity contribution in [1.29, 1.82) is 0 Å². The van der Waals surface area contributed by atoms with Gasteiger partial charge in [0.1, 0.15) is 12.4 Å². The Morgan fingerprint density at radius 2 is 1.82 bits per heavy atom. The van der Waals surface area contributed by atoms with E-state index in [1.54, 1.807) is 4.57 Å². The Kier molecular flexibility index (Phi) is 6.87. The van der Waals surface area contributed by atoms with Crippen molar-refractivity contribution in [3.05, 3.63) is 72.1 Å². The molecule has 1 amide bonds. The van der Waals surface area contributed by atoms with Crippen LogP contribution in [0, 0.1) is 6.92 Å². The molecule has 0 aliphatic heterocycles. The van der Waals surface area contributed by atoms with Crippen LogP contribution >= 0.6 is 11.8 Å². The molecule has 0 unspecified atom stereocenters. The highest BCUT2D eigenvalue weighted by molar-refractivity contribution is 7.99. The van der Waals surface area contributed by atoms with E-state index in [-0.39, 0.29) is 23.2 Å². The standard InChI is InChI=1S/C23H23N5O4S2/c1-15-19-6-4-3-5-16(19)7-12-20(15)32-13-21-26-27-23(28(21)2)33-14-22(29)25-17-8-10-18(11-9-17)34(24,30)31/h3-12H,13-14H2,1-2H3,(H,25,29)(H2,24,30,31). The van der Waals surface area contributed by atoms with Crippen LogP contribution in [0.1, 0.15) is 11.4 Å². The zero-order valence-corrected chi connectivity index (χ0v) is 20.2. The molecule has 0 aliphatic carbocycles. The number of anilines is 1. The summed E-state index contributed by atoms with van der Waals surface area (Å²) in [5.41, 5.74) is 1.53. The van der Waals surface area contributed by atoms with Crippen LogP contribution in [-0.2, 0) is 28.5 Å². The highest BCUT2D eigenvalue weighted by Gasteiger charge is 2.14. The fourth-order valence-corrected chi connectivity index (χ4v) is 4.60. The van der Waals surface area contributed by atoms with Gasteiger partial charge >= 0.3 is 0 Å². The van der Waals surface area contributed by atoms with E-state index in [0.717, 1.165) is 22.1 Å². The van der Waals surface area contributed by atoms with Crippen molar-refractivity contribution in [2.24, 2.45) is 12.2 Å². The van der Waals surface area contributed by atoms with Gasteiger partial charge in [0.2, 0.25) is 15.9 Å². The number of benzene rings is 3. The Bertz CT molecular complexity index is 1450. The highest BCUT2D eigenvalue weighted by atomic mass is 32.2. The van der Waals surface area contributed by atoms with E-state index in [4.69, 9.17) is 9.88 Å². The van der Waals surface area contributed by atoms with Crippen molar-refractivity contribution < 1.29 is 17.9 Å². The van der Waals surface area contributed by atoms with Crippen molar-refractivity contribution in [3.8, 4) is 5.75 Å². The summed E-state index contributed by atoms with van der Waals surface area (Å²) in [6.07, 6.45) is 0. The summed E-state index contributed by atoms with van der Waals surface area (Å²) in [5, 5.41) is 19.0. The largest absolute Gasteiger partial charge is 0.485 e. The van der Waals surface area contributed by atoms with Crippen LogP contribution in [0.3, 0.4) is 0 Å². The van der Waals surface area contributed by atoms with E-state index in [2.05, 4.69) is 27.6 Å². The topological polar surface area (TPSA) is 129 Å². The molecule has 0 atom stereocenters. The van der Waals surface area contributed by atoms with Crippen molar-refractivity contribution in [2.75, 3.05) is 11.1 Å². The van der Waals surface area contributed by atoms with Gasteiger partial charge in [-0.15, -0.1) is 10.2 Å². The normalized spacial score (nSPS) is 11.5. The van der Waals surface area contributed by atoms with Crippen LogP contribution in [0.15, 0.2) is 70.7 Å². The van der Waals surface area contributed by atoms with Gasteiger partial charge in [-0.05, 0) is 53.6 Å². The second-order valence-corrected chi connectivity index (χ2v) is 10.1. The highest BCUT2D eigenvalue weighted by Crippen LogP contribution is 2.28. The quantitative estimate of drug-likeness (QED) is 0.358. The first-order chi connectivity index (χ1) is 16.2. The van der Waals surface area contributed by atoms with E-state index in [1.165, 1.54) is 36.0 Å². The van der Waals surface area contributed by atoms with Crippen molar-refractivity contribution in [1.82, 2.24) is 14.8 Å². The molecule has 34 heavy (non-hydrogen) atoms.